The van der Waals surface area contributed by atoms with Crippen LogP contribution < -0.4 is 5.32 Å². The molecule has 0 unspecified atom stereocenters. The first-order chi connectivity index (χ1) is 7.28. The fraction of sp³-hybridized carbons (Fsp3) is 0.500. The van der Waals surface area contributed by atoms with Crippen molar-refractivity contribution in [3.05, 3.63) is 35.6 Å². The van der Waals surface area contributed by atoms with Gasteiger partial charge in [-0.15, -0.1) is 0 Å². The van der Waals surface area contributed by atoms with Gasteiger partial charge in [-0.1, -0.05) is 18.2 Å². The SMILES string of the molecule is OCC1(c2ccccc2F)CCNCC1. The Hall–Kier alpha value is -0.930. The van der Waals surface area contributed by atoms with Crippen LogP contribution in [0.25, 0.3) is 0 Å². The van der Waals surface area contributed by atoms with E-state index in [0.717, 1.165) is 25.9 Å². The Bertz CT molecular complexity index is 334. The number of aliphatic hydroxyl groups excluding tert-OH is 1. The Morgan fingerprint density at radius 3 is 2.53 bits per heavy atom. The van der Waals surface area contributed by atoms with Gasteiger partial charge in [-0.25, -0.2) is 4.39 Å². The molecule has 1 aromatic rings. The van der Waals surface area contributed by atoms with Gasteiger partial charge in [-0.2, -0.15) is 0 Å². The average molecular weight is 209 g/mol. The lowest BCUT2D eigenvalue weighted by Gasteiger charge is -2.36. The molecule has 2 rings (SSSR count). The molecule has 0 bridgehead atoms. The third kappa shape index (κ3) is 1.90. The van der Waals surface area contributed by atoms with E-state index in [0.29, 0.717) is 5.56 Å². The summed E-state index contributed by atoms with van der Waals surface area (Å²) in [7, 11) is 0. The first-order valence-corrected chi connectivity index (χ1v) is 5.35. The predicted molar refractivity (Wildman–Crippen MR) is 57.3 cm³/mol. The predicted octanol–water partition coefficient (Wildman–Crippen LogP) is 1.44. The van der Waals surface area contributed by atoms with Crippen molar-refractivity contribution in [2.24, 2.45) is 0 Å². The quantitative estimate of drug-likeness (QED) is 0.772. The lowest BCUT2D eigenvalue weighted by Crippen LogP contribution is -2.43. The second-order valence-electron chi connectivity index (χ2n) is 4.17. The Morgan fingerprint density at radius 1 is 1.27 bits per heavy atom. The van der Waals surface area contributed by atoms with E-state index in [1.165, 1.54) is 6.07 Å². The zero-order chi connectivity index (χ0) is 10.7. The lowest BCUT2D eigenvalue weighted by atomic mass is 9.73. The normalized spacial score (nSPS) is 20.1. The van der Waals surface area contributed by atoms with Gasteiger partial charge in [0, 0.05) is 5.41 Å². The van der Waals surface area contributed by atoms with Crippen molar-refractivity contribution in [3.63, 3.8) is 0 Å². The number of piperidine rings is 1. The smallest absolute Gasteiger partial charge is 0.127 e. The molecule has 1 aromatic carbocycles. The lowest BCUT2D eigenvalue weighted by molar-refractivity contribution is 0.154. The zero-order valence-electron chi connectivity index (χ0n) is 8.67. The molecule has 0 saturated carbocycles. The van der Waals surface area contributed by atoms with Crippen molar-refractivity contribution >= 4 is 0 Å². The maximum absolute atomic E-state index is 13.7. The molecule has 0 spiro atoms. The molecule has 0 aliphatic carbocycles. The van der Waals surface area contributed by atoms with Crippen molar-refractivity contribution < 1.29 is 9.50 Å². The fourth-order valence-electron chi connectivity index (χ4n) is 2.31. The van der Waals surface area contributed by atoms with Crippen LogP contribution in [0.3, 0.4) is 0 Å². The van der Waals surface area contributed by atoms with E-state index in [-0.39, 0.29) is 17.8 Å². The summed E-state index contributed by atoms with van der Waals surface area (Å²) in [5.74, 6) is -0.201. The fourth-order valence-corrected chi connectivity index (χ4v) is 2.31. The zero-order valence-corrected chi connectivity index (χ0v) is 8.67. The van der Waals surface area contributed by atoms with Crippen LogP contribution in [0, 0.1) is 5.82 Å². The summed E-state index contributed by atoms with van der Waals surface area (Å²) in [5.41, 5.74) is 0.283. The molecule has 1 saturated heterocycles. The van der Waals surface area contributed by atoms with Crippen LogP contribution in [-0.2, 0) is 5.41 Å². The third-order valence-electron chi connectivity index (χ3n) is 3.31. The van der Waals surface area contributed by atoms with Crippen molar-refractivity contribution in [2.75, 3.05) is 19.7 Å². The summed E-state index contributed by atoms with van der Waals surface area (Å²) in [6, 6.07) is 6.77. The van der Waals surface area contributed by atoms with Crippen LogP contribution in [0.2, 0.25) is 0 Å². The number of hydrogen-bond acceptors (Lipinski definition) is 2. The van der Waals surface area contributed by atoms with Crippen molar-refractivity contribution in [1.29, 1.82) is 0 Å². The van der Waals surface area contributed by atoms with E-state index in [9.17, 15) is 9.50 Å². The molecule has 1 fully saturated rings. The second kappa shape index (κ2) is 4.29. The average Bonchev–Trinajstić information content (AvgIpc) is 2.30. The summed E-state index contributed by atoms with van der Waals surface area (Å²) < 4.78 is 13.7. The monoisotopic (exact) mass is 209 g/mol. The number of nitrogens with one attached hydrogen (secondary N) is 1. The first-order valence-electron chi connectivity index (χ1n) is 5.35. The molecule has 1 heterocycles. The summed E-state index contributed by atoms with van der Waals surface area (Å²) >= 11 is 0. The van der Waals surface area contributed by atoms with Gasteiger partial charge in [0.05, 0.1) is 6.61 Å². The number of aliphatic hydroxyl groups is 1. The topological polar surface area (TPSA) is 32.3 Å². The van der Waals surface area contributed by atoms with Crippen LogP contribution in [0.4, 0.5) is 4.39 Å². The van der Waals surface area contributed by atoms with E-state index < -0.39 is 0 Å². The van der Waals surface area contributed by atoms with Crippen LogP contribution in [0.5, 0.6) is 0 Å². The van der Waals surface area contributed by atoms with Gasteiger partial charge in [-0.3, -0.25) is 0 Å². The van der Waals surface area contributed by atoms with E-state index >= 15 is 0 Å². The largest absolute Gasteiger partial charge is 0.395 e. The second-order valence-corrected chi connectivity index (χ2v) is 4.17. The van der Waals surface area contributed by atoms with Gasteiger partial charge < -0.3 is 10.4 Å². The van der Waals surface area contributed by atoms with Gasteiger partial charge in [0.25, 0.3) is 0 Å². The summed E-state index contributed by atoms with van der Waals surface area (Å²) in [5, 5.41) is 12.8. The molecule has 2 N–H and O–H groups in total. The number of halogens is 1. The van der Waals surface area contributed by atoms with Gasteiger partial charge in [0.2, 0.25) is 0 Å². The molecule has 3 heteroatoms. The van der Waals surface area contributed by atoms with Gasteiger partial charge >= 0.3 is 0 Å². The summed E-state index contributed by atoms with van der Waals surface area (Å²) in [4.78, 5) is 0. The van der Waals surface area contributed by atoms with Gasteiger partial charge in [0.1, 0.15) is 5.82 Å². The molecule has 1 aliphatic rings. The van der Waals surface area contributed by atoms with E-state index in [2.05, 4.69) is 5.32 Å². The third-order valence-corrected chi connectivity index (χ3v) is 3.31. The van der Waals surface area contributed by atoms with Gasteiger partial charge in [0.15, 0.2) is 0 Å². The molecule has 0 amide bonds. The van der Waals surface area contributed by atoms with Crippen LogP contribution in [0.15, 0.2) is 24.3 Å². The van der Waals surface area contributed by atoms with Crippen molar-refractivity contribution in [2.45, 2.75) is 18.3 Å². The molecule has 82 valence electrons. The molecular formula is C12H16FNO. The highest BCUT2D eigenvalue weighted by Gasteiger charge is 2.35. The number of hydrogen-bond donors (Lipinski definition) is 2. The molecule has 0 aromatic heterocycles. The summed E-state index contributed by atoms with van der Waals surface area (Å²) in [6.07, 6.45) is 1.59. The molecular weight excluding hydrogens is 193 g/mol. The Morgan fingerprint density at radius 2 is 1.93 bits per heavy atom. The van der Waals surface area contributed by atoms with Crippen molar-refractivity contribution in [3.8, 4) is 0 Å². The first kappa shape index (κ1) is 10.6. The van der Waals surface area contributed by atoms with Gasteiger partial charge in [-0.05, 0) is 37.6 Å². The Balaban J connectivity index is 2.36. The highest BCUT2D eigenvalue weighted by Crippen LogP contribution is 2.34. The Labute approximate surface area is 89.1 Å². The minimum atomic E-state index is -0.378. The van der Waals surface area contributed by atoms with E-state index in [1.807, 2.05) is 6.07 Å². The highest BCUT2D eigenvalue weighted by molar-refractivity contribution is 5.28. The Kier molecular flexibility index (Phi) is 3.03. The van der Waals surface area contributed by atoms with Crippen LogP contribution in [-0.4, -0.2) is 24.8 Å². The minimum Gasteiger partial charge on any atom is -0.395 e. The van der Waals surface area contributed by atoms with Crippen LogP contribution >= 0.6 is 0 Å². The van der Waals surface area contributed by atoms with E-state index in [4.69, 9.17) is 0 Å². The standard InChI is InChI=1S/C12H16FNO/c13-11-4-2-1-3-10(11)12(9-15)5-7-14-8-6-12/h1-4,14-15H,5-9H2. The maximum atomic E-state index is 13.7. The molecule has 2 nitrogen and oxygen atoms in total. The van der Waals surface area contributed by atoms with Crippen molar-refractivity contribution in [1.82, 2.24) is 5.32 Å². The molecule has 0 atom stereocenters. The molecule has 0 radical (unpaired) electrons. The van der Waals surface area contributed by atoms with Crippen LogP contribution in [0.1, 0.15) is 18.4 Å². The summed E-state index contributed by atoms with van der Waals surface area (Å²) in [6.45, 7) is 1.71. The molecule has 1 aliphatic heterocycles. The highest BCUT2D eigenvalue weighted by atomic mass is 19.1. The minimum absolute atomic E-state index is 0.0234. The number of benzene rings is 1. The van der Waals surface area contributed by atoms with E-state index in [1.54, 1.807) is 12.1 Å². The number of rotatable bonds is 2. The maximum Gasteiger partial charge on any atom is 0.127 e. The molecule has 15 heavy (non-hydrogen) atoms.